The highest BCUT2D eigenvalue weighted by molar-refractivity contribution is 9.10. The Bertz CT molecular complexity index is 1370. The predicted molar refractivity (Wildman–Crippen MR) is 133 cm³/mol. The fourth-order valence-corrected chi connectivity index (χ4v) is 3.62. The van der Waals surface area contributed by atoms with Gasteiger partial charge in [0.1, 0.15) is 24.0 Å². The molecule has 0 unspecified atom stereocenters. The Morgan fingerprint density at radius 2 is 1.76 bits per heavy atom. The molecule has 0 atom stereocenters. The van der Waals surface area contributed by atoms with Gasteiger partial charge in [0.15, 0.2) is 0 Å². The summed E-state index contributed by atoms with van der Waals surface area (Å²) in [7, 11) is 0. The first-order valence-electron chi connectivity index (χ1n) is 10.5. The molecule has 168 valence electrons. The summed E-state index contributed by atoms with van der Waals surface area (Å²) in [6, 6.07) is 19.0. The monoisotopic (exact) mass is 507 g/mol. The van der Waals surface area contributed by atoms with Gasteiger partial charge < -0.3 is 4.74 Å². The molecule has 0 radical (unpaired) electrons. The van der Waals surface area contributed by atoms with E-state index in [1.54, 1.807) is 24.4 Å². The van der Waals surface area contributed by atoms with Crippen LogP contribution >= 0.6 is 15.9 Å². The van der Waals surface area contributed by atoms with Crippen LogP contribution in [0.2, 0.25) is 0 Å². The largest absolute Gasteiger partial charge is 0.489 e. The first-order valence-corrected chi connectivity index (χ1v) is 11.2. The molecule has 3 aromatic carbocycles. The van der Waals surface area contributed by atoms with Crippen LogP contribution in [0, 0.1) is 5.82 Å². The molecule has 4 aromatic rings. The number of fused-ring (bicyclic) bond motifs is 1. The van der Waals surface area contributed by atoms with Crippen molar-refractivity contribution < 1.29 is 9.13 Å². The second kappa shape index (κ2) is 9.27. The molecule has 0 N–H and O–H groups in total. The molecule has 5 nitrogen and oxygen atoms in total. The van der Waals surface area contributed by atoms with Gasteiger partial charge in [0.05, 0.1) is 17.1 Å². The van der Waals surface area contributed by atoms with E-state index in [-0.39, 0.29) is 16.8 Å². The first kappa shape index (κ1) is 22.9. The van der Waals surface area contributed by atoms with Gasteiger partial charge in [-0.1, -0.05) is 48.8 Å². The lowest BCUT2D eigenvalue weighted by Crippen LogP contribution is -2.29. The number of hydrogen-bond acceptors (Lipinski definition) is 4. The molecule has 4 rings (SSSR count). The Labute approximate surface area is 199 Å². The van der Waals surface area contributed by atoms with E-state index in [2.05, 4.69) is 21.0 Å². The van der Waals surface area contributed by atoms with Gasteiger partial charge in [-0.3, -0.25) is 4.79 Å². The van der Waals surface area contributed by atoms with E-state index in [0.717, 1.165) is 15.6 Å². The minimum atomic E-state index is -0.379. The van der Waals surface area contributed by atoms with E-state index < -0.39 is 0 Å². The zero-order valence-electron chi connectivity index (χ0n) is 18.5. The highest BCUT2D eigenvalue weighted by Gasteiger charge is 2.22. The lowest BCUT2D eigenvalue weighted by molar-refractivity contribution is 0.306. The lowest BCUT2D eigenvalue weighted by Gasteiger charge is -2.20. The van der Waals surface area contributed by atoms with Crippen LogP contribution < -0.4 is 10.3 Å². The van der Waals surface area contributed by atoms with Crippen molar-refractivity contribution in [2.45, 2.75) is 32.8 Å². The van der Waals surface area contributed by atoms with Crippen LogP contribution in [-0.2, 0) is 12.0 Å². The molecule has 0 spiro atoms. The maximum atomic E-state index is 13.2. The van der Waals surface area contributed by atoms with Crippen LogP contribution in [0.5, 0.6) is 5.75 Å². The minimum Gasteiger partial charge on any atom is -0.489 e. The van der Waals surface area contributed by atoms with E-state index in [9.17, 15) is 9.18 Å². The number of benzene rings is 3. The summed E-state index contributed by atoms with van der Waals surface area (Å²) in [4.78, 5) is 17.9. The highest BCUT2D eigenvalue weighted by Crippen LogP contribution is 2.23. The third-order valence-corrected chi connectivity index (χ3v) is 5.49. The van der Waals surface area contributed by atoms with Gasteiger partial charge in [0, 0.05) is 9.89 Å². The van der Waals surface area contributed by atoms with Crippen LogP contribution in [0.3, 0.4) is 0 Å². The fraction of sp³-hybridized carbons (Fsp3) is 0.192. The number of ether oxygens (including phenoxy) is 1. The predicted octanol–water partition coefficient (Wildman–Crippen LogP) is 6.06. The van der Waals surface area contributed by atoms with Crippen molar-refractivity contribution in [2.75, 3.05) is 0 Å². The van der Waals surface area contributed by atoms with Crippen molar-refractivity contribution in [3.8, 4) is 5.75 Å². The number of rotatable bonds is 5. The number of nitrogens with zero attached hydrogens (tertiary/aromatic N) is 3. The number of hydrogen-bond donors (Lipinski definition) is 0. The lowest BCUT2D eigenvalue weighted by atomic mass is 9.95. The molecule has 0 aliphatic rings. The fourth-order valence-electron chi connectivity index (χ4n) is 3.26. The van der Waals surface area contributed by atoms with Crippen LogP contribution in [0.4, 0.5) is 4.39 Å². The van der Waals surface area contributed by atoms with Gasteiger partial charge in [-0.2, -0.15) is 9.78 Å². The molecular weight excluding hydrogens is 485 g/mol. The van der Waals surface area contributed by atoms with Gasteiger partial charge in [-0.25, -0.2) is 9.37 Å². The summed E-state index contributed by atoms with van der Waals surface area (Å²) in [5.41, 5.74) is 1.73. The maximum absolute atomic E-state index is 13.2. The summed E-state index contributed by atoms with van der Waals surface area (Å²) in [5, 5.41) is 4.98. The van der Waals surface area contributed by atoms with Crippen molar-refractivity contribution in [3.63, 3.8) is 0 Å². The Kier molecular flexibility index (Phi) is 6.42. The van der Waals surface area contributed by atoms with E-state index in [1.165, 1.54) is 16.8 Å². The molecule has 33 heavy (non-hydrogen) atoms. The zero-order valence-corrected chi connectivity index (χ0v) is 20.1. The molecule has 0 saturated carbocycles. The Morgan fingerprint density at radius 1 is 1.06 bits per heavy atom. The van der Waals surface area contributed by atoms with Crippen LogP contribution in [-0.4, -0.2) is 15.9 Å². The quantitative estimate of drug-likeness (QED) is 0.308. The molecule has 0 saturated heterocycles. The van der Waals surface area contributed by atoms with Crippen molar-refractivity contribution in [2.24, 2.45) is 5.10 Å². The third-order valence-electron chi connectivity index (χ3n) is 5.00. The highest BCUT2D eigenvalue weighted by atomic mass is 79.9. The minimum absolute atomic E-state index is 0.221. The summed E-state index contributed by atoms with van der Waals surface area (Å²) in [6.45, 7) is 6.34. The molecule has 0 fully saturated rings. The zero-order chi connectivity index (χ0) is 23.6. The van der Waals surface area contributed by atoms with Crippen molar-refractivity contribution in [1.29, 1.82) is 0 Å². The summed E-state index contributed by atoms with van der Waals surface area (Å²) < 4.78 is 21.0. The Morgan fingerprint density at radius 3 is 2.42 bits per heavy atom. The van der Waals surface area contributed by atoms with Crippen LogP contribution in [0.25, 0.3) is 10.9 Å². The molecule has 0 bridgehead atoms. The van der Waals surface area contributed by atoms with Gasteiger partial charge in [0.25, 0.3) is 5.56 Å². The molecule has 1 aromatic heterocycles. The molecule has 0 aliphatic heterocycles. The Balaban J connectivity index is 1.59. The van der Waals surface area contributed by atoms with Crippen molar-refractivity contribution in [3.05, 3.63) is 104 Å². The molecule has 7 heteroatoms. The first-order chi connectivity index (χ1) is 15.7. The van der Waals surface area contributed by atoms with Gasteiger partial charge in [-0.15, -0.1) is 0 Å². The smallest absolute Gasteiger partial charge is 0.282 e. The van der Waals surface area contributed by atoms with E-state index >= 15 is 0 Å². The SMILES string of the molecule is CC(C)(C)c1nc2ccc(Br)cc2c(=O)n1N=Cc1ccc(OCc2ccc(F)cc2)cc1. The second-order valence-corrected chi connectivity index (χ2v) is 9.61. The summed E-state index contributed by atoms with van der Waals surface area (Å²) >= 11 is 3.42. The van der Waals surface area contributed by atoms with Crippen molar-refractivity contribution in [1.82, 2.24) is 9.66 Å². The second-order valence-electron chi connectivity index (χ2n) is 8.69. The van der Waals surface area contributed by atoms with E-state index in [4.69, 9.17) is 9.72 Å². The molecule has 0 amide bonds. The van der Waals surface area contributed by atoms with Crippen LogP contribution in [0.1, 0.15) is 37.7 Å². The average Bonchev–Trinajstić information content (AvgIpc) is 2.78. The van der Waals surface area contributed by atoms with E-state index in [0.29, 0.717) is 29.1 Å². The maximum Gasteiger partial charge on any atom is 0.282 e. The van der Waals surface area contributed by atoms with Crippen LogP contribution in [0.15, 0.2) is 81.1 Å². The Hall–Kier alpha value is -3.32. The summed E-state index contributed by atoms with van der Waals surface area (Å²) in [5.74, 6) is 0.990. The average molecular weight is 508 g/mol. The normalized spacial score (nSPS) is 11.9. The van der Waals surface area contributed by atoms with Gasteiger partial charge in [-0.05, 0) is 65.7 Å². The molecule has 0 aliphatic carbocycles. The standard InChI is InChI=1S/C26H23BrFN3O2/c1-26(2,3)25-30-23-13-8-19(27)14-22(23)24(32)31(25)29-15-17-6-11-21(12-7-17)33-16-18-4-9-20(28)10-5-18/h4-15H,16H2,1-3H3. The number of aromatic nitrogens is 2. The summed E-state index contributed by atoms with van der Waals surface area (Å²) in [6.07, 6.45) is 1.63. The van der Waals surface area contributed by atoms with Gasteiger partial charge >= 0.3 is 0 Å². The molecule has 1 heterocycles. The topological polar surface area (TPSA) is 56.5 Å². The number of halogens is 2. The molecular formula is C26H23BrFN3O2. The van der Waals surface area contributed by atoms with E-state index in [1.807, 2.05) is 57.2 Å². The van der Waals surface area contributed by atoms with Gasteiger partial charge in [0.2, 0.25) is 0 Å². The third kappa shape index (κ3) is 5.37. The van der Waals surface area contributed by atoms with Crippen molar-refractivity contribution >= 4 is 33.0 Å².